The Labute approximate surface area is 99.9 Å². The smallest absolute Gasteiger partial charge is 0.306 e. The summed E-state index contributed by atoms with van der Waals surface area (Å²) in [6, 6.07) is 3.31. The van der Waals surface area contributed by atoms with Gasteiger partial charge in [0.15, 0.2) is 0 Å². The van der Waals surface area contributed by atoms with E-state index in [0.717, 1.165) is 9.88 Å². The Morgan fingerprint density at radius 1 is 1.44 bits per heavy atom. The standard InChI is InChI=1S/C9H9N3O2S2/c13-12(14)9-2-1-7(16-9)5-10-6-8-11-3-4-15-8/h1-4,10H,5-6H2. The molecular weight excluding hydrogens is 246 g/mol. The summed E-state index contributed by atoms with van der Waals surface area (Å²) in [4.78, 5) is 15.2. The first-order valence-corrected chi connectivity index (χ1v) is 6.27. The molecule has 2 heterocycles. The molecule has 0 amide bonds. The van der Waals surface area contributed by atoms with Crippen molar-refractivity contribution in [2.24, 2.45) is 0 Å². The summed E-state index contributed by atoms with van der Waals surface area (Å²) in [5.41, 5.74) is 0. The van der Waals surface area contributed by atoms with E-state index < -0.39 is 0 Å². The maximum Gasteiger partial charge on any atom is 0.324 e. The zero-order valence-electron chi connectivity index (χ0n) is 8.25. The minimum atomic E-state index is -0.366. The fraction of sp³-hybridized carbons (Fsp3) is 0.222. The lowest BCUT2D eigenvalue weighted by Crippen LogP contribution is -2.11. The number of hydrogen-bond donors (Lipinski definition) is 1. The van der Waals surface area contributed by atoms with E-state index in [0.29, 0.717) is 13.1 Å². The number of nitrogens with one attached hydrogen (secondary N) is 1. The summed E-state index contributed by atoms with van der Waals surface area (Å²) in [6.45, 7) is 1.33. The van der Waals surface area contributed by atoms with Crippen LogP contribution in [0.4, 0.5) is 5.00 Å². The third kappa shape index (κ3) is 2.84. The first-order chi connectivity index (χ1) is 7.75. The molecule has 0 aliphatic carbocycles. The molecular formula is C9H9N3O2S2. The zero-order valence-corrected chi connectivity index (χ0v) is 9.88. The number of rotatable bonds is 5. The van der Waals surface area contributed by atoms with Crippen LogP contribution in [0.1, 0.15) is 9.88 Å². The van der Waals surface area contributed by atoms with Gasteiger partial charge in [-0.15, -0.1) is 11.3 Å². The number of aromatic nitrogens is 1. The number of hydrogen-bond acceptors (Lipinski definition) is 6. The molecule has 0 unspecified atom stereocenters. The van der Waals surface area contributed by atoms with E-state index in [9.17, 15) is 10.1 Å². The van der Waals surface area contributed by atoms with Crippen molar-refractivity contribution >= 4 is 27.7 Å². The summed E-state index contributed by atoms with van der Waals surface area (Å²) in [7, 11) is 0. The average Bonchev–Trinajstić information content (AvgIpc) is 2.87. The molecule has 1 N–H and O–H groups in total. The molecule has 0 aromatic carbocycles. The van der Waals surface area contributed by atoms with Gasteiger partial charge in [-0.25, -0.2) is 4.98 Å². The highest BCUT2D eigenvalue weighted by Crippen LogP contribution is 2.23. The van der Waals surface area contributed by atoms with Crippen molar-refractivity contribution in [1.29, 1.82) is 0 Å². The molecule has 0 radical (unpaired) electrons. The second kappa shape index (κ2) is 5.15. The van der Waals surface area contributed by atoms with Gasteiger partial charge in [-0.2, -0.15) is 0 Å². The van der Waals surface area contributed by atoms with Crippen LogP contribution in [0, 0.1) is 10.1 Å². The van der Waals surface area contributed by atoms with Crippen LogP contribution < -0.4 is 5.32 Å². The van der Waals surface area contributed by atoms with Crippen molar-refractivity contribution in [2.75, 3.05) is 0 Å². The van der Waals surface area contributed by atoms with Crippen LogP contribution in [0.15, 0.2) is 23.7 Å². The number of thiophene rings is 1. The topological polar surface area (TPSA) is 68.1 Å². The zero-order chi connectivity index (χ0) is 11.4. The minimum Gasteiger partial charge on any atom is -0.306 e. The van der Waals surface area contributed by atoms with E-state index in [1.54, 1.807) is 23.6 Å². The van der Waals surface area contributed by atoms with E-state index in [-0.39, 0.29) is 9.92 Å². The van der Waals surface area contributed by atoms with Crippen molar-refractivity contribution in [3.05, 3.63) is 43.7 Å². The fourth-order valence-corrected chi connectivity index (χ4v) is 2.57. The molecule has 0 atom stereocenters. The van der Waals surface area contributed by atoms with Gasteiger partial charge in [0.05, 0.1) is 4.92 Å². The molecule has 2 aromatic heterocycles. The van der Waals surface area contributed by atoms with Crippen molar-refractivity contribution in [1.82, 2.24) is 10.3 Å². The Bertz CT molecular complexity index is 467. The van der Waals surface area contributed by atoms with Crippen LogP contribution in [0.5, 0.6) is 0 Å². The molecule has 0 saturated heterocycles. The predicted octanol–water partition coefficient (Wildman–Crippen LogP) is 2.40. The molecule has 0 spiro atoms. The number of nitrogens with zero attached hydrogens (tertiary/aromatic N) is 2. The fourth-order valence-electron chi connectivity index (χ4n) is 1.19. The summed E-state index contributed by atoms with van der Waals surface area (Å²) in [5, 5.41) is 16.8. The highest BCUT2D eigenvalue weighted by atomic mass is 32.1. The second-order valence-corrected chi connectivity index (χ2v) is 5.15. The first-order valence-electron chi connectivity index (χ1n) is 4.58. The molecule has 0 saturated carbocycles. The van der Waals surface area contributed by atoms with Gasteiger partial charge >= 0.3 is 5.00 Å². The van der Waals surface area contributed by atoms with Gasteiger partial charge in [-0.3, -0.25) is 10.1 Å². The van der Waals surface area contributed by atoms with Crippen LogP contribution in [-0.4, -0.2) is 9.91 Å². The highest BCUT2D eigenvalue weighted by Gasteiger charge is 2.08. The Hall–Kier alpha value is -1.31. The van der Waals surface area contributed by atoms with E-state index >= 15 is 0 Å². The SMILES string of the molecule is O=[N+]([O-])c1ccc(CNCc2nccs2)s1. The Morgan fingerprint density at radius 2 is 2.31 bits per heavy atom. The molecule has 16 heavy (non-hydrogen) atoms. The van der Waals surface area contributed by atoms with E-state index in [1.165, 1.54) is 17.4 Å². The van der Waals surface area contributed by atoms with Crippen LogP contribution in [0.2, 0.25) is 0 Å². The van der Waals surface area contributed by atoms with Gasteiger partial charge in [0.25, 0.3) is 0 Å². The molecule has 0 bridgehead atoms. The molecule has 0 aliphatic rings. The minimum absolute atomic E-state index is 0.186. The van der Waals surface area contributed by atoms with Crippen LogP contribution >= 0.6 is 22.7 Å². The summed E-state index contributed by atoms with van der Waals surface area (Å²) >= 11 is 2.79. The average molecular weight is 255 g/mol. The van der Waals surface area contributed by atoms with Crippen molar-refractivity contribution in [3.8, 4) is 0 Å². The van der Waals surface area contributed by atoms with Gasteiger partial charge in [-0.05, 0) is 6.07 Å². The molecule has 84 valence electrons. The van der Waals surface area contributed by atoms with E-state index in [2.05, 4.69) is 10.3 Å². The predicted molar refractivity (Wildman–Crippen MR) is 63.6 cm³/mol. The summed E-state index contributed by atoms with van der Waals surface area (Å²) < 4.78 is 0. The lowest BCUT2D eigenvalue weighted by atomic mass is 10.4. The number of thiazole rings is 1. The second-order valence-electron chi connectivity index (χ2n) is 3.03. The molecule has 0 aliphatic heterocycles. The molecule has 2 aromatic rings. The molecule has 2 rings (SSSR count). The lowest BCUT2D eigenvalue weighted by molar-refractivity contribution is -0.380. The lowest BCUT2D eigenvalue weighted by Gasteiger charge is -1.98. The Balaban J connectivity index is 1.83. The highest BCUT2D eigenvalue weighted by molar-refractivity contribution is 7.15. The first kappa shape index (κ1) is 11.2. The van der Waals surface area contributed by atoms with Crippen LogP contribution in [-0.2, 0) is 13.1 Å². The normalized spacial score (nSPS) is 10.5. The monoisotopic (exact) mass is 255 g/mol. The van der Waals surface area contributed by atoms with E-state index in [4.69, 9.17) is 0 Å². The largest absolute Gasteiger partial charge is 0.324 e. The van der Waals surface area contributed by atoms with Crippen LogP contribution in [0.25, 0.3) is 0 Å². The van der Waals surface area contributed by atoms with Gasteiger partial charge in [-0.1, -0.05) is 11.3 Å². The third-order valence-electron chi connectivity index (χ3n) is 1.89. The van der Waals surface area contributed by atoms with Crippen molar-refractivity contribution < 1.29 is 4.92 Å². The quantitative estimate of drug-likeness (QED) is 0.658. The van der Waals surface area contributed by atoms with Gasteiger partial charge in [0.1, 0.15) is 5.01 Å². The summed E-state index contributed by atoms with van der Waals surface area (Å²) in [5.74, 6) is 0. The Morgan fingerprint density at radius 3 is 2.94 bits per heavy atom. The van der Waals surface area contributed by atoms with Gasteiger partial charge < -0.3 is 5.32 Å². The van der Waals surface area contributed by atoms with Crippen molar-refractivity contribution in [2.45, 2.75) is 13.1 Å². The van der Waals surface area contributed by atoms with Gasteiger partial charge in [0, 0.05) is 35.6 Å². The third-order valence-corrected chi connectivity index (χ3v) is 3.70. The maximum absolute atomic E-state index is 10.5. The molecule has 7 heteroatoms. The Kier molecular flexibility index (Phi) is 3.60. The van der Waals surface area contributed by atoms with Crippen LogP contribution in [0.3, 0.4) is 0 Å². The van der Waals surface area contributed by atoms with Crippen molar-refractivity contribution in [3.63, 3.8) is 0 Å². The molecule has 0 fully saturated rings. The summed E-state index contributed by atoms with van der Waals surface area (Å²) in [6.07, 6.45) is 1.76. The number of nitro groups is 1. The van der Waals surface area contributed by atoms with E-state index in [1.807, 2.05) is 5.38 Å². The van der Waals surface area contributed by atoms with Gasteiger partial charge in [0.2, 0.25) is 0 Å². The molecule has 5 nitrogen and oxygen atoms in total. The maximum atomic E-state index is 10.5.